The Bertz CT molecular complexity index is 455. The van der Waals surface area contributed by atoms with Gasteiger partial charge in [0.05, 0.1) is 11.7 Å². The molecule has 2 aliphatic heterocycles. The molecule has 3 heterocycles. The second kappa shape index (κ2) is 5.58. The molecule has 0 amide bonds. The summed E-state index contributed by atoms with van der Waals surface area (Å²) in [7, 11) is 0. The third-order valence-electron chi connectivity index (χ3n) is 4.42. The lowest BCUT2D eigenvalue weighted by Gasteiger charge is -2.46. The minimum absolute atomic E-state index is 0.305. The van der Waals surface area contributed by atoms with E-state index in [9.17, 15) is 5.11 Å². The second-order valence-electron chi connectivity index (χ2n) is 6.14. The molecule has 0 unspecified atom stereocenters. The monoisotopic (exact) mass is 297 g/mol. The summed E-state index contributed by atoms with van der Waals surface area (Å²) in [6, 6.07) is 0. The Morgan fingerprint density at radius 2 is 2.10 bits per heavy atom. The third kappa shape index (κ3) is 2.56. The first-order valence-electron chi connectivity index (χ1n) is 7.51. The van der Waals surface area contributed by atoms with Crippen LogP contribution in [0.25, 0.3) is 0 Å². The van der Waals surface area contributed by atoms with Crippen molar-refractivity contribution in [2.24, 2.45) is 0 Å². The Morgan fingerprint density at radius 3 is 2.70 bits per heavy atom. The molecule has 3 rings (SSSR count). The van der Waals surface area contributed by atoms with Crippen LogP contribution in [-0.4, -0.2) is 46.7 Å². The molecule has 1 spiro atoms. The second-order valence-corrected chi connectivity index (χ2v) is 7.12. The Labute approximate surface area is 124 Å². The summed E-state index contributed by atoms with van der Waals surface area (Å²) in [5.41, 5.74) is -0.305. The van der Waals surface area contributed by atoms with Crippen LogP contribution in [0.15, 0.2) is 0 Å². The highest BCUT2D eigenvalue weighted by Gasteiger charge is 2.44. The molecule has 1 N–H and O–H groups in total. The molecule has 1 aromatic rings. The lowest BCUT2D eigenvalue weighted by atomic mass is 9.82. The van der Waals surface area contributed by atoms with Gasteiger partial charge in [-0.15, -0.1) is 10.2 Å². The van der Waals surface area contributed by atoms with Gasteiger partial charge in [-0.05, 0) is 25.7 Å². The molecule has 0 radical (unpaired) electrons. The topological polar surface area (TPSA) is 58.5 Å². The molecular weight excluding hydrogens is 274 g/mol. The summed E-state index contributed by atoms with van der Waals surface area (Å²) in [4.78, 5) is 2.28. The highest BCUT2D eigenvalue weighted by molar-refractivity contribution is 7.15. The zero-order valence-corrected chi connectivity index (χ0v) is 13.0. The molecule has 6 heteroatoms. The van der Waals surface area contributed by atoms with Crippen molar-refractivity contribution in [3.05, 3.63) is 5.01 Å². The molecule has 0 aromatic carbocycles. The molecular formula is C14H23N3O2S. The highest BCUT2D eigenvalue weighted by atomic mass is 32.1. The number of aliphatic hydroxyl groups excluding tert-OH is 1. The molecule has 2 fully saturated rings. The zero-order valence-electron chi connectivity index (χ0n) is 12.2. The van der Waals surface area contributed by atoms with E-state index in [1.54, 1.807) is 11.3 Å². The number of aromatic nitrogens is 2. The van der Waals surface area contributed by atoms with Gasteiger partial charge in [-0.1, -0.05) is 25.2 Å². The van der Waals surface area contributed by atoms with Crippen molar-refractivity contribution in [1.29, 1.82) is 0 Å². The molecule has 2 saturated heterocycles. The average Bonchev–Trinajstić information content (AvgIpc) is 2.93. The van der Waals surface area contributed by atoms with Crippen molar-refractivity contribution in [1.82, 2.24) is 10.2 Å². The van der Waals surface area contributed by atoms with Crippen LogP contribution in [0.5, 0.6) is 0 Å². The van der Waals surface area contributed by atoms with E-state index in [1.165, 1.54) is 0 Å². The van der Waals surface area contributed by atoms with Crippen molar-refractivity contribution in [3.63, 3.8) is 0 Å². The van der Waals surface area contributed by atoms with Crippen LogP contribution in [-0.2, 0) is 4.74 Å². The molecule has 2 aliphatic rings. The Morgan fingerprint density at radius 1 is 1.35 bits per heavy atom. The lowest BCUT2D eigenvalue weighted by molar-refractivity contribution is -0.164. The summed E-state index contributed by atoms with van der Waals surface area (Å²) in [6.07, 6.45) is 3.30. The van der Waals surface area contributed by atoms with Gasteiger partial charge < -0.3 is 14.7 Å². The molecule has 1 aromatic heterocycles. The summed E-state index contributed by atoms with van der Waals surface area (Å²) >= 11 is 1.68. The van der Waals surface area contributed by atoms with Gasteiger partial charge in [0.1, 0.15) is 5.01 Å². The van der Waals surface area contributed by atoms with Crippen molar-refractivity contribution in [2.75, 3.05) is 24.6 Å². The fraction of sp³-hybridized carbons (Fsp3) is 0.857. The van der Waals surface area contributed by atoms with E-state index in [4.69, 9.17) is 4.74 Å². The highest BCUT2D eigenvalue weighted by Crippen LogP contribution is 2.37. The molecule has 112 valence electrons. The smallest absolute Gasteiger partial charge is 0.208 e. The fourth-order valence-electron chi connectivity index (χ4n) is 3.05. The molecule has 1 atom stereocenters. The van der Waals surface area contributed by atoms with E-state index in [-0.39, 0.29) is 11.7 Å². The maximum Gasteiger partial charge on any atom is 0.208 e. The minimum atomic E-state index is -0.306. The molecule has 5 nitrogen and oxygen atoms in total. The van der Waals surface area contributed by atoms with Crippen LogP contribution in [0.3, 0.4) is 0 Å². The van der Waals surface area contributed by atoms with Gasteiger partial charge in [-0.2, -0.15) is 0 Å². The molecule has 0 saturated carbocycles. The summed E-state index contributed by atoms with van der Waals surface area (Å²) in [5, 5.41) is 20.9. The maximum absolute atomic E-state index is 10.2. The average molecular weight is 297 g/mol. The molecule has 0 bridgehead atoms. The van der Waals surface area contributed by atoms with Crippen LogP contribution in [0.4, 0.5) is 5.13 Å². The number of nitrogens with zero attached hydrogens (tertiary/aromatic N) is 3. The predicted octanol–water partition coefficient (Wildman–Crippen LogP) is 2.17. The number of ether oxygens (including phenoxy) is 1. The van der Waals surface area contributed by atoms with Crippen molar-refractivity contribution < 1.29 is 9.84 Å². The summed E-state index contributed by atoms with van der Waals surface area (Å²) in [6.45, 7) is 6.85. The zero-order chi connectivity index (χ0) is 14.2. The standard InChI is InChI=1S/C14H23N3O2S/c1-10(2)12-15-16-13(20-12)17-7-5-14(6-8-17)11(18)4-3-9-19-14/h10-11,18H,3-9H2,1-2H3/t11-/m1/s1. The first kappa shape index (κ1) is 14.2. The van der Waals surface area contributed by atoms with Crippen LogP contribution in [0, 0.1) is 0 Å². The van der Waals surface area contributed by atoms with Crippen molar-refractivity contribution >= 4 is 16.5 Å². The number of hydrogen-bond acceptors (Lipinski definition) is 6. The lowest BCUT2D eigenvalue weighted by Crippen LogP contribution is -2.55. The van der Waals surface area contributed by atoms with Gasteiger partial charge in [0.2, 0.25) is 5.13 Å². The van der Waals surface area contributed by atoms with Gasteiger partial charge in [0.15, 0.2) is 0 Å². The van der Waals surface area contributed by atoms with Gasteiger partial charge in [0.25, 0.3) is 0 Å². The number of aliphatic hydroxyl groups is 1. The largest absolute Gasteiger partial charge is 0.390 e. The SMILES string of the molecule is CC(C)c1nnc(N2CCC3(CC2)OCCC[C@H]3O)s1. The predicted molar refractivity (Wildman–Crippen MR) is 79.4 cm³/mol. The maximum atomic E-state index is 10.2. The van der Waals surface area contributed by atoms with E-state index in [1.807, 2.05) is 0 Å². The fourth-order valence-corrected chi connectivity index (χ4v) is 3.95. The van der Waals surface area contributed by atoms with Gasteiger partial charge >= 0.3 is 0 Å². The van der Waals surface area contributed by atoms with Crippen LogP contribution in [0.1, 0.15) is 50.5 Å². The number of hydrogen-bond donors (Lipinski definition) is 1. The van der Waals surface area contributed by atoms with Gasteiger partial charge in [-0.25, -0.2) is 0 Å². The van der Waals surface area contributed by atoms with Gasteiger partial charge in [0, 0.05) is 25.6 Å². The Hall–Kier alpha value is -0.720. The van der Waals surface area contributed by atoms with Crippen LogP contribution in [0.2, 0.25) is 0 Å². The van der Waals surface area contributed by atoms with Gasteiger partial charge in [-0.3, -0.25) is 0 Å². The van der Waals surface area contributed by atoms with E-state index < -0.39 is 0 Å². The normalized spacial score (nSPS) is 26.4. The minimum Gasteiger partial charge on any atom is -0.390 e. The number of piperidine rings is 1. The summed E-state index contributed by atoms with van der Waals surface area (Å²) < 4.78 is 5.94. The van der Waals surface area contributed by atoms with Crippen LogP contribution >= 0.6 is 11.3 Å². The number of anilines is 1. The molecule has 0 aliphatic carbocycles. The quantitative estimate of drug-likeness (QED) is 0.906. The summed E-state index contributed by atoms with van der Waals surface area (Å²) in [5.74, 6) is 0.431. The first-order chi connectivity index (χ1) is 9.61. The Kier molecular flexibility index (Phi) is 3.97. The number of rotatable bonds is 2. The first-order valence-corrected chi connectivity index (χ1v) is 8.33. The van der Waals surface area contributed by atoms with E-state index in [0.29, 0.717) is 5.92 Å². The third-order valence-corrected chi connectivity index (χ3v) is 5.71. The van der Waals surface area contributed by atoms with Crippen LogP contribution < -0.4 is 4.90 Å². The van der Waals surface area contributed by atoms with E-state index in [2.05, 4.69) is 28.9 Å². The Balaban J connectivity index is 1.65. The van der Waals surface area contributed by atoms with E-state index >= 15 is 0 Å². The van der Waals surface area contributed by atoms with Crippen molar-refractivity contribution in [3.8, 4) is 0 Å². The van der Waals surface area contributed by atoms with E-state index in [0.717, 1.165) is 55.5 Å². The van der Waals surface area contributed by atoms with Crippen molar-refractivity contribution in [2.45, 2.75) is 57.2 Å². The molecule has 20 heavy (non-hydrogen) atoms.